The fourth-order valence-electron chi connectivity index (χ4n) is 0.711. The van der Waals surface area contributed by atoms with Crippen LogP contribution in [0, 0.1) is 0 Å². The van der Waals surface area contributed by atoms with Gasteiger partial charge in [0, 0.05) is 12.4 Å². The van der Waals surface area contributed by atoms with Crippen molar-refractivity contribution in [3.05, 3.63) is 0 Å². The third-order valence-corrected chi connectivity index (χ3v) is 1.59. The molecule has 1 atom stereocenters. The monoisotopic (exact) mass is 145 g/mol. The standard InChI is InChI=1S/C7H15NO2/c1-3-8(2)6-4-5-7(9)10/h3-6H2,1-2H3,(H,9,10). The molecular formula is C7H15NO2. The first-order valence-corrected chi connectivity index (χ1v) is 3.68. The van der Waals surface area contributed by atoms with Crippen LogP contribution in [0.3, 0.4) is 0 Å². The smallest absolute Gasteiger partial charge is 0.0772 e. The Morgan fingerprint density at radius 2 is 2.20 bits per heavy atom. The minimum Gasteiger partial charge on any atom is -0.550 e. The average Bonchev–Trinajstić information content (AvgIpc) is 1.87. The van der Waals surface area contributed by atoms with Gasteiger partial charge in [-0.2, -0.15) is 0 Å². The number of carboxylic acid groups (broad SMARTS) is 1. The lowest BCUT2D eigenvalue weighted by Crippen LogP contribution is -3.08. The van der Waals surface area contributed by atoms with Gasteiger partial charge in [-0.1, -0.05) is 0 Å². The average molecular weight is 145 g/mol. The van der Waals surface area contributed by atoms with E-state index in [1.807, 2.05) is 0 Å². The van der Waals surface area contributed by atoms with Gasteiger partial charge in [0.2, 0.25) is 0 Å². The zero-order valence-corrected chi connectivity index (χ0v) is 6.64. The largest absolute Gasteiger partial charge is 0.550 e. The first kappa shape index (κ1) is 9.43. The number of hydrogen-bond donors (Lipinski definition) is 1. The number of hydrogen-bond acceptors (Lipinski definition) is 2. The molecule has 0 radical (unpaired) electrons. The van der Waals surface area contributed by atoms with Gasteiger partial charge in [-0.3, -0.25) is 0 Å². The van der Waals surface area contributed by atoms with Crippen LogP contribution in [-0.4, -0.2) is 26.1 Å². The molecule has 0 bridgehead atoms. The topological polar surface area (TPSA) is 44.6 Å². The Bertz CT molecular complexity index is 104. The first-order valence-electron chi connectivity index (χ1n) is 3.68. The van der Waals surface area contributed by atoms with Crippen molar-refractivity contribution >= 4 is 5.97 Å². The van der Waals surface area contributed by atoms with Crippen LogP contribution in [0.15, 0.2) is 0 Å². The summed E-state index contributed by atoms with van der Waals surface area (Å²) in [6.45, 7) is 4.05. The summed E-state index contributed by atoms with van der Waals surface area (Å²) in [6, 6.07) is 0. The summed E-state index contributed by atoms with van der Waals surface area (Å²) in [6.07, 6.45) is 0.916. The summed E-state index contributed by atoms with van der Waals surface area (Å²) >= 11 is 0. The van der Waals surface area contributed by atoms with E-state index in [4.69, 9.17) is 0 Å². The molecule has 10 heavy (non-hydrogen) atoms. The highest BCUT2D eigenvalue weighted by Crippen LogP contribution is 1.80. The Labute approximate surface area is 61.6 Å². The van der Waals surface area contributed by atoms with Crippen LogP contribution in [0.4, 0.5) is 0 Å². The van der Waals surface area contributed by atoms with Gasteiger partial charge in [0.15, 0.2) is 0 Å². The van der Waals surface area contributed by atoms with E-state index in [0.29, 0.717) is 0 Å². The third kappa shape index (κ3) is 5.56. The summed E-state index contributed by atoms with van der Waals surface area (Å²) in [5, 5.41) is 9.95. The Morgan fingerprint density at radius 3 is 2.60 bits per heavy atom. The molecule has 3 heteroatoms. The van der Waals surface area contributed by atoms with E-state index in [1.165, 1.54) is 4.90 Å². The van der Waals surface area contributed by atoms with Crippen molar-refractivity contribution in [2.75, 3.05) is 20.1 Å². The van der Waals surface area contributed by atoms with E-state index in [2.05, 4.69) is 14.0 Å². The van der Waals surface area contributed by atoms with Crippen LogP contribution in [0.1, 0.15) is 19.8 Å². The van der Waals surface area contributed by atoms with E-state index in [0.717, 1.165) is 19.5 Å². The predicted molar refractivity (Wildman–Crippen MR) is 36.5 cm³/mol. The molecule has 0 fully saturated rings. The molecule has 0 heterocycles. The number of nitrogens with one attached hydrogen (secondary N) is 1. The van der Waals surface area contributed by atoms with Crippen LogP contribution in [-0.2, 0) is 4.79 Å². The molecule has 3 nitrogen and oxygen atoms in total. The molecule has 0 aliphatic carbocycles. The fourth-order valence-corrected chi connectivity index (χ4v) is 0.711. The molecule has 0 aliphatic heterocycles. The van der Waals surface area contributed by atoms with E-state index >= 15 is 0 Å². The van der Waals surface area contributed by atoms with Crippen LogP contribution in [0.25, 0.3) is 0 Å². The molecule has 1 unspecified atom stereocenters. The number of quaternary nitrogens is 1. The lowest BCUT2D eigenvalue weighted by atomic mass is 10.3. The molecule has 0 amide bonds. The predicted octanol–water partition coefficient (Wildman–Crippen LogP) is -1.95. The van der Waals surface area contributed by atoms with Crippen molar-refractivity contribution in [3.8, 4) is 0 Å². The second-order valence-corrected chi connectivity index (χ2v) is 2.54. The first-order chi connectivity index (χ1) is 4.66. The van der Waals surface area contributed by atoms with Crippen LogP contribution < -0.4 is 10.0 Å². The highest BCUT2D eigenvalue weighted by molar-refractivity contribution is 5.64. The van der Waals surface area contributed by atoms with Crippen molar-refractivity contribution in [2.45, 2.75) is 19.8 Å². The number of carboxylic acids is 1. The van der Waals surface area contributed by atoms with Gasteiger partial charge >= 0.3 is 0 Å². The van der Waals surface area contributed by atoms with Crippen LogP contribution >= 0.6 is 0 Å². The van der Waals surface area contributed by atoms with Gasteiger partial charge in [-0.25, -0.2) is 0 Å². The summed E-state index contributed by atoms with van der Waals surface area (Å²) in [5.74, 6) is -0.941. The van der Waals surface area contributed by atoms with E-state index in [-0.39, 0.29) is 6.42 Å². The van der Waals surface area contributed by atoms with Crippen molar-refractivity contribution in [2.24, 2.45) is 0 Å². The van der Waals surface area contributed by atoms with Crippen LogP contribution in [0.2, 0.25) is 0 Å². The summed E-state index contributed by atoms with van der Waals surface area (Å²) in [5.41, 5.74) is 0. The number of carbonyl (C=O) groups is 1. The SMILES string of the molecule is CC[NH+](C)CCCC(=O)[O-]. The van der Waals surface area contributed by atoms with Crippen molar-refractivity contribution < 1.29 is 14.8 Å². The molecule has 0 rings (SSSR count). The molecular weight excluding hydrogens is 130 g/mol. The van der Waals surface area contributed by atoms with E-state index < -0.39 is 5.97 Å². The quantitative estimate of drug-likeness (QED) is 0.489. The summed E-state index contributed by atoms with van der Waals surface area (Å²) in [7, 11) is 2.05. The maximum Gasteiger partial charge on any atom is 0.0772 e. The van der Waals surface area contributed by atoms with E-state index in [1.54, 1.807) is 0 Å². The Hall–Kier alpha value is -0.570. The summed E-state index contributed by atoms with van der Waals surface area (Å²) < 4.78 is 0. The van der Waals surface area contributed by atoms with Gasteiger partial charge in [-0.05, 0) is 13.3 Å². The normalized spacial score (nSPS) is 13.0. The second kappa shape index (κ2) is 5.23. The van der Waals surface area contributed by atoms with Crippen molar-refractivity contribution in [1.82, 2.24) is 0 Å². The zero-order valence-electron chi connectivity index (χ0n) is 6.64. The minimum absolute atomic E-state index is 0.192. The Morgan fingerprint density at radius 1 is 1.60 bits per heavy atom. The van der Waals surface area contributed by atoms with Gasteiger partial charge in [0.25, 0.3) is 0 Å². The highest BCUT2D eigenvalue weighted by Gasteiger charge is 1.96. The lowest BCUT2D eigenvalue weighted by Gasteiger charge is -2.10. The minimum atomic E-state index is -0.941. The molecule has 1 N–H and O–H groups in total. The van der Waals surface area contributed by atoms with Crippen molar-refractivity contribution in [3.63, 3.8) is 0 Å². The molecule has 0 saturated carbocycles. The molecule has 0 aromatic heterocycles. The molecule has 0 aliphatic rings. The van der Waals surface area contributed by atoms with Gasteiger partial charge < -0.3 is 14.8 Å². The maximum atomic E-state index is 9.95. The van der Waals surface area contributed by atoms with Gasteiger partial charge in [0.1, 0.15) is 0 Å². The number of aliphatic carboxylic acids is 1. The number of rotatable bonds is 5. The Kier molecular flexibility index (Phi) is 4.94. The zero-order chi connectivity index (χ0) is 7.98. The molecule has 0 aromatic rings. The molecule has 0 aromatic carbocycles. The number of carbonyl (C=O) groups excluding carboxylic acids is 1. The molecule has 60 valence electrons. The Balaban J connectivity index is 3.11. The molecule has 0 saturated heterocycles. The van der Waals surface area contributed by atoms with Crippen molar-refractivity contribution in [1.29, 1.82) is 0 Å². The van der Waals surface area contributed by atoms with Gasteiger partial charge in [-0.15, -0.1) is 0 Å². The lowest BCUT2D eigenvalue weighted by molar-refractivity contribution is -0.877. The highest BCUT2D eigenvalue weighted by atomic mass is 16.4. The molecule has 0 spiro atoms. The van der Waals surface area contributed by atoms with E-state index in [9.17, 15) is 9.90 Å². The third-order valence-electron chi connectivity index (χ3n) is 1.59. The van der Waals surface area contributed by atoms with Crippen LogP contribution in [0.5, 0.6) is 0 Å². The second-order valence-electron chi connectivity index (χ2n) is 2.54. The summed E-state index contributed by atoms with van der Waals surface area (Å²) in [4.78, 5) is 11.3. The van der Waals surface area contributed by atoms with Gasteiger partial charge in [0.05, 0.1) is 20.1 Å². The maximum absolute atomic E-state index is 9.95. The fraction of sp³-hybridized carbons (Fsp3) is 0.857.